The van der Waals surface area contributed by atoms with Gasteiger partial charge in [-0.25, -0.2) is 18.7 Å². The van der Waals surface area contributed by atoms with Gasteiger partial charge in [-0.1, -0.05) is 11.8 Å². The minimum absolute atomic E-state index is 0.252. The van der Waals surface area contributed by atoms with E-state index >= 15 is 0 Å². The molecule has 0 N–H and O–H groups in total. The van der Waals surface area contributed by atoms with Gasteiger partial charge in [-0.05, 0) is 13.8 Å². The number of amides is 1. The zero-order valence-electron chi connectivity index (χ0n) is 15.4. The minimum atomic E-state index is -2.75. The molecule has 144 valence electrons. The topological polar surface area (TPSA) is 68.2 Å². The van der Waals surface area contributed by atoms with E-state index in [1.165, 1.54) is 25.1 Å². The average molecular weight is 384 g/mol. The lowest BCUT2D eigenvalue weighted by atomic mass is 9.91. The highest BCUT2D eigenvalue weighted by Crippen LogP contribution is 2.46. The summed E-state index contributed by atoms with van der Waals surface area (Å²) in [7, 11) is 0. The maximum Gasteiger partial charge on any atom is 0.252 e. The molecule has 2 aromatic rings. The third kappa shape index (κ3) is 3.07. The van der Waals surface area contributed by atoms with E-state index in [0.717, 1.165) is 0 Å². The van der Waals surface area contributed by atoms with Crippen molar-refractivity contribution in [2.45, 2.75) is 38.8 Å². The average Bonchev–Trinajstić information content (AvgIpc) is 3.04. The van der Waals surface area contributed by atoms with Crippen molar-refractivity contribution in [2.75, 3.05) is 6.54 Å². The van der Waals surface area contributed by atoms with Crippen LogP contribution in [0.3, 0.4) is 0 Å². The number of hydrogen-bond acceptors (Lipinski definition) is 5. The van der Waals surface area contributed by atoms with E-state index in [-0.39, 0.29) is 18.7 Å². The summed E-state index contributed by atoms with van der Waals surface area (Å²) in [6.45, 7) is 2.81. The molecule has 8 heteroatoms. The third-order valence-corrected chi connectivity index (χ3v) is 5.09. The molecule has 0 aromatic carbocycles. The van der Waals surface area contributed by atoms with Gasteiger partial charge in [-0.2, -0.15) is 0 Å². The van der Waals surface area contributed by atoms with Crippen LogP contribution < -0.4 is 4.74 Å². The summed E-state index contributed by atoms with van der Waals surface area (Å²) in [5.74, 6) is 5.95. The van der Waals surface area contributed by atoms with Crippen molar-refractivity contribution >= 4 is 5.91 Å². The number of likely N-dealkylation sites (tertiary alicyclic amines) is 1. The van der Waals surface area contributed by atoms with Crippen LogP contribution in [0.5, 0.6) is 5.75 Å². The Kier molecular flexibility index (Phi) is 4.46. The van der Waals surface area contributed by atoms with Crippen molar-refractivity contribution in [3.8, 4) is 17.6 Å². The normalized spacial score (nSPS) is 20.2. The van der Waals surface area contributed by atoms with Gasteiger partial charge in [0.1, 0.15) is 23.6 Å². The molecule has 2 aliphatic heterocycles. The number of hydrogen-bond donors (Lipinski definition) is 0. The Hall–Kier alpha value is -3.08. The standard InChI is InChI=1S/C20H18F2N4O2/c1-20(2,18(21)22)19(27)26-10-14-5-16(26)15-9-23-8-13(17(15)28-14)4-3-12-6-24-11-25-7-12/h6-9,11,14,16,18H,5,10H2,1-2H3/t14-,16-/m0/s1. The Morgan fingerprint density at radius 2 is 1.96 bits per heavy atom. The first-order valence-corrected chi connectivity index (χ1v) is 8.88. The fourth-order valence-electron chi connectivity index (χ4n) is 3.46. The smallest absolute Gasteiger partial charge is 0.252 e. The van der Waals surface area contributed by atoms with Crippen molar-refractivity contribution in [3.05, 3.63) is 47.8 Å². The lowest BCUT2D eigenvalue weighted by Gasteiger charge is -2.32. The van der Waals surface area contributed by atoms with Crippen molar-refractivity contribution in [1.82, 2.24) is 19.9 Å². The summed E-state index contributed by atoms with van der Waals surface area (Å²) in [5, 5.41) is 0. The third-order valence-electron chi connectivity index (χ3n) is 5.09. The van der Waals surface area contributed by atoms with Crippen LogP contribution in [0, 0.1) is 17.3 Å². The molecular formula is C20H18F2N4O2. The quantitative estimate of drug-likeness (QED) is 0.745. The fourth-order valence-corrected chi connectivity index (χ4v) is 3.46. The number of halogens is 2. The number of carbonyl (C=O) groups is 1. The van der Waals surface area contributed by atoms with Crippen molar-refractivity contribution in [1.29, 1.82) is 0 Å². The number of ether oxygens (including phenoxy) is 1. The number of nitrogens with zero attached hydrogens (tertiary/aromatic N) is 4. The van der Waals surface area contributed by atoms with Gasteiger partial charge in [0.05, 0.1) is 23.7 Å². The molecule has 28 heavy (non-hydrogen) atoms. The summed E-state index contributed by atoms with van der Waals surface area (Å²) < 4.78 is 32.8. The number of rotatable bonds is 2. The zero-order chi connectivity index (χ0) is 19.9. The van der Waals surface area contributed by atoms with Gasteiger partial charge in [-0.15, -0.1) is 0 Å². The van der Waals surface area contributed by atoms with E-state index in [1.54, 1.807) is 24.8 Å². The molecule has 2 bridgehead atoms. The van der Waals surface area contributed by atoms with E-state index in [1.807, 2.05) is 0 Å². The van der Waals surface area contributed by atoms with Gasteiger partial charge < -0.3 is 9.64 Å². The minimum Gasteiger partial charge on any atom is -0.487 e. The maximum atomic E-state index is 13.4. The SMILES string of the molecule is CC(C)(C(=O)N1C[C@@H]2C[C@H]1c1cncc(C#Cc3cncnc3)c1O2)C(F)F. The lowest BCUT2D eigenvalue weighted by Crippen LogP contribution is -2.44. The zero-order valence-corrected chi connectivity index (χ0v) is 15.4. The molecule has 1 fully saturated rings. The molecule has 0 unspecified atom stereocenters. The second-order valence-corrected chi connectivity index (χ2v) is 7.45. The van der Waals surface area contributed by atoms with Crippen LogP contribution in [0.2, 0.25) is 0 Å². The fraction of sp³-hybridized carbons (Fsp3) is 0.400. The number of carbonyl (C=O) groups excluding carboxylic acids is 1. The second-order valence-electron chi connectivity index (χ2n) is 7.45. The van der Waals surface area contributed by atoms with E-state index in [2.05, 4.69) is 26.8 Å². The maximum absolute atomic E-state index is 13.4. The van der Waals surface area contributed by atoms with Gasteiger partial charge in [0.2, 0.25) is 5.91 Å². The molecule has 4 heterocycles. The monoisotopic (exact) mass is 384 g/mol. The van der Waals surface area contributed by atoms with Crippen LogP contribution in [-0.2, 0) is 4.79 Å². The Bertz CT molecular complexity index is 969. The number of pyridine rings is 1. The highest BCUT2D eigenvalue weighted by Gasteiger charge is 2.49. The van der Waals surface area contributed by atoms with Gasteiger partial charge in [-0.3, -0.25) is 9.78 Å². The van der Waals surface area contributed by atoms with Crippen molar-refractivity contribution in [2.24, 2.45) is 5.41 Å². The van der Waals surface area contributed by atoms with Crippen molar-refractivity contribution < 1.29 is 18.3 Å². The predicted octanol–water partition coefficient (Wildman–Crippen LogP) is 2.60. The first-order chi connectivity index (χ1) is 13.4. The first-order valence-electron chi connectivity index (χ1n) is 8.88. The predicted molar refractivity (Wildman–Crippen MR) is 95.5 cm³/mol. The highest BCUT2D eigenvalue weighted by atomic mass is 19.3. The van der Waals surface area contributed by atoms with Crippen LogP contribution in [0.4, 0.5) is 8.78 Å². The Balaban J connectivity index is 1.68. The van der Waals surface area contributed by atoms with E-state index in [9.17, 15) is 13.6 Å². The molecule has 0 saturated carbocycles. The molecular weight excluding hydrogens is 366 g/mol. The van der Waals surface area contributed by atoms with Gasteiger partial charge in [0.15, 0.2) is 0 Å². The van der Waals surface area contributed by atoms with E-state index in [0.29, 0.717) is 28.9 Å². The molecule has 1 amide bonds. The molecule has 6 nitrogen and oxygen atoms in total. The Morgan fingerprint density at radius 1 is 1.21 bits per heavy atom. The molecule has 0 aliphatic carbocycles. The number of fused-ring (bicyclic) bond motifs is 4. The van der Waals surface area contributed by atoms with Crippen molar-refractivity contribution in [3.63, 3.8) is 0 Å². The summed E-state index contributed by atoms with van der Waals surface area (Å²) >= 11 is 0. The van der Waals surface area contributed by atoms with Gasteiger partial charge in [0, 0.05) is 36.8 Å². The lowest BCUT2D eigenvalue weighted by molar-refractivity contribution is -0.149. The molecule has 4 rings (SSSR count). The Labute approximate surface area is 161 Å². The van der Waals surface area contributed by atoms with Crippen LogP contribution in [0.25, 0.3) is 0 Å². The van der Waals surface area contributed by atoms with E-state index < -0.39 is 17.7 Å². The first kappa shape index (κ1) is 18.3. The van der Waals surface area contributed by atoms with Crippen LogP contribution >= 0.6 is 0 Å². The van der Waals surface area contributed by atoms with Crippen LogP contribution in [0.15, 0.2) is 31.1 Å². The molecule has 1 saturated heterocycles. The summed E-state index contributed by atoms with van der Waals surface area (Å²) in [5.41, 5.74) is 0.173. The van der Waals surface area contributed by atoms with Gasteiger partial charge >= 0.3 is 0 Å². The number of alkyl halides is 2. The van der Waals surface area contributed by atoms with Gasteiger partial charge in [0.25, 0.3) is 6.43 Å². The van der Waals surface area contributed by atoms with Crippen LogP contribution in [-0.4, -0.2) is 44.8 Å². The summed E-state index contributed by atoms with van der Waals surface area (Å²) in [6, 6.07) is -0.339. The molecule has 0 radical (unpaired) electrons. The molecule has 0 spiro atoms. The Morgan fingerprint density at radius 3 is 2.68 bits per heavy atom. The highest BCUT2D eigenvalue weighted by molar-refractivity contribution is 5.83. The molecule has 2 aliphatic rings. The number of aromatic nitrogens is 3. The molecule has 2 aromatic heterocycles. The van der Waals surface area contributed by atoms with Crippen LogP contribution in [0.1, 0.15) is 43.0 Å². The summed E-state index contributed by atoms with van der Waals surface area (Å²) in [4.78, 5) is 26.3. The molecule has 2 atom stereocenters. The van der Waals surface area contributed by atoms with E-state index in [4.69, 9.17) is 4.74 Å². The summed E-state index contributed by atoms with van der Waals surface area (Å²) in [6.07, 6.45) is 5.39. The second kappa shape index (κ2) is 6.82. The largest absolute Gasteiger partial charge is 0.487 e.